The van der Waals surface area contributed by atoms with Crippen molar-refractivity contribution in [3.63, 3.8) is 0 Å². The van der Waals surface area contributed by atoms with E-state index in [4.69, 9.17) is 9.47 Å². The molecule has 0 aromatic heterocycles. The highest BCUT2D eigenvalue weighted by atomic mass is 19.1. The van der Waals surface area contributed by atoms with Gasteiger partial charge in [-0.05, 0) is 45.7 Å². The number of ether oxygens (including phenoxy) is 2. The average molecular weight is 324 g/mol. The Morgan fingerprint density at radius 2 is 1.96 bits per heavy atom. The zero-order chi connectivity index (χ0) is 17.0. The van der Waals surface area contributed by atoms with Crippen molar-refractivity contribution in [2.75, 3.05) is 25.5 Å². The molecule has 0 unspecified atom stereocenters. The van der Waals surface area contributed by atoms with E-state index in [9.17, 15) is 9.18 Å². The van der Waals surface area contributed by atoms with E-state index in [0.717, 1.165) is 18.5 Å². The van der Waals surface area contributed by atoms with Crippen LogP contribution in [0.5, 0.6) is 5.75 Å². The molecule has 1 aromatic carbocycles. The highest BCUT2D eigenvalue weighted by Gasteiger charge is 2.27. The molecule has 0 radical (unpaired) electrons. The van der Waals surface area contributed by atoms with E-state index in [1.807, 2.05) is 20.8 Å². The summed E-state index contributed by atoms with van der Waals surface area (Å²) in [5, 5.41) is 3.36. The Hall–Kier alpha value is -1.98. The summed E-state index contributed by atoms with van der Waals surface area (Å²) >= 11 is 0. The van der Waals surface area contributed by atoms with E-state index < -0.39 is 5.60 Å². The van der Waals surface area contributed by atoms with Gasteiger partial charge in [-0.25, -0.2) is 9.18 Å². The summed E-state index contributed by atoms with van der Waals surface area (Å²) in [7, 11) is 1.52. The van der Waals surface area contributed by atoms with Gasteiger partial charge >= 0.3 is 6.09 Å². The molecule has 1 saturated heterocycles. The molecule has 1 aliphatic rings. The van der Waals surface area contributed by atoms with Crippen molar-refractivity contribution in [3.05, 3.63) is 24.0 Å². The van der Waals surface area contributed by atoms with E-state index in [0.29, 0.717) is 18.8 Å². The predicted molar refractivity (Wildman–Crippen MR) is 87.4 cm³/mol. The van der Waals surface area contributed by atoms with Crippen LogP contribution in [0.4, 0.5) is 14.9 Å². The van der Waals surface area contributed by atoms with Gasteiger partial charge in [-0.1, -0.05) is 0 Å². The number of methoxy groups -OCH3 is 1. The number of anilines is 1. The van der Waals surface area contributed by atoms with Gasteiger partial charge in [-0.2, -0.15) is 0 Å². The second kappa shape index (κ2) is 7.06. The molecule has 1 amide bonds. The molecule has 1 aromatic rings. The summed E-state index contributed by atoms with van der Waals surface area (Å²) in [6.07, 6.45) is 1.34. The van der Waals surface area contributed by atoms with E-state index >= 15 is 0 Å². The van der Waals surface area contributed by atoms with Gasteiger partial charge in [0.05, 0.1) is 12.8 Å². The largest absolute Gasteiger partial charge is 0.494 e. The van der Waals surface area contributed by atoms with Crippen LogP contribution in [0.25, 0.3) is 0 Å². The predicted octanol–water partition coefficient (Wildman–Crippen LogP) is 3.65. The number of piperidine rings is 1. The Morgan fingerprint density at radius 3 is 2.52 bits per heavy atom. The van der Waals surface area contributed by atoms with Crippen LogP contribution in [0.15, 0.2) is 18.2 Å². The molecule has 1 N–H and O–H groups in total. The molecule has 2 rings (SSSR count). The van der Waals surface area contributed by atoms with Crippen LogP contribution in [-0.2, 0) is 4.74 Å². The standard InChI is InChI=1S/C17H25FN2O3/c1-17(2,3)23-16(21)20-9-7-13(8-10-20)19-14-6-5-12(18)11-15(14)22-4/h5-6,11,13,19H,7-10H2,1-4H3. The zero-order valence-corrected chi connectivity index (χ0v) is 14.2. The molecule has 0 bridgehead atoms. The molecule has 1 aliphatic heterocycles. The van der Waals surface area contributed by atoms with Gasteiger partial charge in [0, 0.05) is 25.2 Å². The van der Waals surface area contributed by atoms with Crippen molar-refractivity contribution in [3.8, 4) is 5.75 Å². The molecule has 0 spiro atoms. The number of hydrogen-bond donors (Lipinski definition) is 1. The third kappa shape index (κ3) is 5.01. The Morgan fingerprint density at radius 1 is 1.30 bits per heavy atom. The fourth-order valence-corrected chi connectivity index (χ4v) is 2.54. The number of amides is 1. The lowest BCUT2D eigenvalue weighted by Crippen LogP contribution is -2.44. The summed E-state index contributed by atoms with van der Waals surface area (Å²) in [4.78, 5) is 13.8. The van der Waals surface area contributed by atoms with Gasteiger partial charge in [-0.15, -0.1) is 0 Å². The first-order valence-electron chi connectivity index (χ1n) is 7.86. The topological polar surface area (TPSA) is 50.8 Å². The monoisotopic (exact) mass is 324 g/mol. The Kier molecular flexibility index (Phi) is 5.34. The Labute approximate surface area is 136 Å². The maximum Gasteiger partial charge on any atom is 0.410 e. The molecule has 1 fully saturated rings. The van der Waals surface area contributed by atoms with Gasteiger partial charge in [-0.3, -0.25) is 0 Å². The maximum absolute atomic E-state index is 13.2. The minimum atomic E-state index is -0.479. The smallest absolute Gasteiger partial charge is 0.410 e. The van der Waals surface area contributed by atoms with E-state index in [1.54, 1.807) is 11.0 Å². The van der Waals surface area contributed by atoms with E-state index in [2.05, 4.69) is 5.32 Å². The number of hydrogen-bond acceptors (Lipinski definition) is 4. The van der Waals surface area contributed by atoms with Crippen molar-refractivity contribution in [1.29, 1.82) is 0 Å². The SMILES string of the molecule is COc1cc(F)ccc1NC1CCN(C(=O)OC(C)(C)C)CC1. The Balaban J connectivity index is 1.89. The van der Waals surface area contributed by atoms with Gasteiger partial charge < -0.3 is 19.7 Å². The Bertz CT molecular complexity index is 549. The molecule has 6 heteroatoms. The lowest BCUT2D eigenvalue weighted by atomic mass is 10.0. The molecular weight excluding hydrogens is 299 g/mol. The summed E-state index contributed by atoms with van der Waals surface area (Å²) < 4.78 is 23.8. The molecule has 1 heterocycles. The molecule has 0 saturated carbocycles. The van der Waals surface area contributed by atoms with Crippen LogP contribution >= 0.6 is 0 Å². The number of rotatable bonds is 3. The third-order valence-electron chi connectivity index (χ3n) is 3.67. The third-order valence-corrected chi connectivity index (χ3v) is 3.67. The van der Waals surface area contributed by atoms with Crippen LogP contribution < -0.4 is 10.1 Å². The lowest BCUT2D eigenvalue weighted by Gasteiger charge is -2.34. The number of likely N-dealkylation sites (tertiary alicyclic amines) is 1. The highest BCUT2D eigenvalue weighted by Crippen LogP contribution is 2.27. The highest BCUT2D eigenvalue weighted by molar-refractivity contribution is 5.68. The molecule has 0 aliphatic carbocycles. The average Bonchev–Trinajstić information content (AvgIpc) is 2.48. The van der Waals surface area contributed by atoms with Gasteiger partial charge in [0.1, 0.15) is 17.2 Å². The molecule has 0 atom stereocenters. The number of nitrogens with zero attached hydrogens (tertiary/aromatic N) is 1. The number of carbonyl (C=O) groups is 1. The quantitative estimate of drug-likeness (QED) is 0.922. The molecular formula is C17H25FN2O3. The van der Waals surface area contributed by atoms with Crippen LogP contribution in [-0.4, -0.2) is 42.8 Å². The van der Waals surface area contributed by atoms with Crippen molar-refractivity contribution in [2.45, 2.75) is 45.3 Å². The van der Waals surface area contributed by atoms with Crippen LogP contribution in [0.3, 0.4) is 0 Å². The van der Waals surface area contributed by atoms with Gasteiger partial charge in [0.15, 0.2) is 0 Å². The number of halogens is 1. The van der Waals surface area contributed by atoms with Crippen molar-refractivity contribution in [2.24, 2.45) is 0 Å². The van der Waals surface area contributed by atoms with Crippen LogP contribution in [0.1, 0.15) is 33.6 Å². The molecule has 23 heavy (non-hydrogen) atoms. The first-order chi connectivity index (χ1) is 10.8. The molecule has 128 valence electrons. The molecule has 5 nitrogen and oxygen atoms in total. The number of carbonyl (C=O) groups excluding carboxylic acids is 1. The first kappa shape index (κ1) is 17.4. The second-order valence-electron chi connectivity index (χ2n) is 6.73. The summed E-state index contributed by atoms with van der Waals surface area (Å²) in [6, 6.07) is 4.65. The fraction of sp³-hybridized carbons (Fsp3) is 0.588. The summed E-state index contributed by atoms with van der Waals surface area (Å²) in [5.41, 5.74) is 0.290. The number of benzene rings is 1. The number of nitrogens with one attached hydrogen (secondary N) is 1. The minimum absolute atomic E-state index is 0.216. The normalized spacial score (nSPS) is 16.1. The van der Waals surface area contributed by atoms with E-state index in [-0.39, 0.29) is 18.0 Å². The lowest BCUT2D eigenvalue weighted by molar-refractivity contribution is 0.0210. The van der Waals surface area contributed by atoms with Gasteiger partial charge in [0.2, 0.25) is 0 Å². The van der Waals surface area contributed by atoms with Crippen molar-refractivity contribution >= 4 is 11.8 Å². The van der Waals surface area contributed by atoms with Crippen LogP contribution in [0, 0.1) is 5.82 Å². The minimum Gasteiger partial charge on any atom is -0.494 e. The van der Waals surface area contributed by atoms with E-state index in [1.165, 1.54) is 19.2 Å². The first-order valence-corrected chi connectivity index (χ1v) is 7.86. The maximum atomic E-state index is 13.2. The fourth-order valence-electron chi connectivity index (χ4n) is 2.54. The van der Waals surface area contributed by atoms with Crippen LogP contribution in [0.2, 0.25) is 0 Å². The van der Waals surface area contributed by atoms with Gasteiger partial charge in [0.25, 0.3) is 0 Å². The van der Waals surface area contributed by atoms with Crippen molar-refractivity contribution < 1.29 is 18.7 Å². The van der Waals surface area contributed by atoms with Crippen molar-refractivity contribution in [1.82, 2.24) is 4.90 Å². The summed E-state index contributed by atoms with van der Waals surface area (Å²) in [6.45, 7) is 6.85. The second-order valence-corrected chi connectivity index (χ2v) is 6.73. The zero-order valence-electron chi connectivity index (χ0n) is 14.2. The summed E-state index contributed by atoms with van der Waals surface area (Å²) in [5.74, 6) is 0.159.